The minimum absolute atomic E-state index is 0.0181. The molecule has 0 spiro atoms. The van der Waals surface area contributed by atoms with Gasteiger partial charge in [-0.25, -0.2) is 0 Å². The molecule has 1 aromatic carbocycles. The van der Waals surface area contributed by atoms with Crippen molar-refractivity contribution in [3.8, 4) is 5.88 Å². The lowest BCUT2D eigenvalue weighted by atomic mass is 10.3. The zero-order valence-corrected chi connectivity index (χ0v) is 8.64. The summed E-state index contributed by atoms with van der Waals surface area (Å²) < 4.78 is 0. The second-order valence-corrected chi connectivity index (χ2v) is 3.88. The smallest absolute Gasteiger partial charge is 0.223 e. The molecule has 0 unspecified atom stereocenters. The molecule has 0 atom stereocenters. The van der Waals surface area contributed by atoms with Crippen LogP contribution in [0.1, 0.15) is 0 Å². The fraction of sp³-hybridized carbons (Fsp3) is 0. The van der Waals surface area contributed by atoms with Crippen LogP contribution in [0.2, 0.25) is 5.02 Å². The number of hydrogen-bond donors (Lipinski definition) is 2. The number of rotatable bonds is 2. The molecule has 2 aromatic rings. The molecule has 5 heteroatoms. The predicted octanol–water partition coefficient (Wildman–Crippen LogP) is 3.25. The largest absolute Gasteiger partial charge is 0.493 e. The van der Waals surface area contributed by atoms with Crippen LogP contribution >= 0.6 is 22.9 Å². The second kappa shape index (κ2) is 3.86. The van der Waals surface area contributed by atoms with Crippen molar-refractivity contribution in [3.05, 3.63) is 34.7 Å². The monoisotopic (exact) mass is 226 g/mol. The van der Waals surface area contributed by atoms with Crippen LogP contribution in [0.25, 0.3) is 0 Å². The van der Waals surface area contributed by atoms with Crippen molar-refractivity contribution in [2.75, 3.05) is 5.32 Å². The molecule has 0 fully saturated rings. The first-order chi connectivity index (χ1) is 6.75. The molecule has 0 aliphatic carbocycles. The Balaban J connectivity index is 2.23. The Kier molecular flexibility index (Phi) is 2.56. The molecule has 0 saturated heterocycles. The van der Waals surface area contributed by atoms with Gasteiger partial charge in [-0.1, -0.05) is 23.7 Å². The number of halogens is 1. The topological polar surface area (TPSA) is 45.1 Å². The maximum Gasteiger partial charge on any atom is 0.223 e. The van der Waals surface area contributed by atoms with Gasteiger partial charge in [0.05, 0.1) is 16.1 Å². The van der Waals surface area contributed by atoms with E-state index in [9.17, 15) is 0 Å². The second-order valence-electron chi connectivity index (χ2n) is 2.62. The summed E-state index contributed by atoms with van der Waals surface area (Å²) in [7, 11) is 0. The Hall–Kier alpha value is -1.26. The van der Waals surface area contributed by atoms with Gasteiger partial charge in [-0.05, 0) is 12.1 Å². The third-order valence-corrected chi connectivity index (χ3v) is 2.68. The van der Waals surface area contributed by atoms with Crippen molar-refractivity contribution in [2.45, 2.75) is 0 Å². The summed E-state index contributed by atoms with van der Waals surface area (Å²) in [5.41, 5.74) is 0.781. The molecule has 0 radical (unpaired) electrons. The van der Waals surface area contributed by atoms with Crippen molar-refractivity contribution in [2.24, 2.45) is 0 Å². The van der Waals surface area contributed by atoms with Crippen molar-refractivity contribution in [1.29, 1.82) is 0 Å². The van der Waals surface area contributed by atoms with Crippen LogP contribution in [0.3, 0.4) is 0 Å². The summed E-state index contributed by atoms with van der Waals surface area (Å²) in [5, 5.41) is 14.8. The molecule has 2 rings (SSSR count). The normalized spacial score (nSPS) is 10.1. The summed E-state index contributed by atoms with van der Waals surface area (Å²) in [6, 6.07) is 7.37. The number of hydrogen-bond acceptors (Lipinski definition) is 4. The average Bonchev–Trinajstić information content (AvgIpc) is 2.56. The molecule has 2 N–H and O–H groups in total. The summed E-state index contributed by atoms with van der Waals surface area (Å²) in [5.74, 6) is 0.0181. The first kappa shape index (κ1) is 9.30. The quantitative estimate of drug-likeness (QED) is 0.826. The van der Waals surface area contributed by atoms with Crippen LogP contribution in [0.15, 0.2) is 29.6 Å². The molecule has 1 heterocycles. The molecule has 0 aliphatic rings. The maximum atomic E-state index is 9.03. The van der Waals surface area contributed by atoms with Gasteiger partial charge < -0.3 is 10.4 Å². The molecular formula is C9H7ClN2OS. The molecule has 0 amide bonds. The van der Waals surface area contributed by atoms with Crippen LogP contribution in [0.5, 0.6) is 5.88 Å². The zero-order chi connectivity index (χ0) is 9.97. The number of para-hydroxylation sites is 1. The van der Waals surface area contributed by atoms with Gasteiger partial charge in [0.1, 0.15) is 0 Å². The van der Waals surface area contributed by atoms with Gasteiger partial charge in [0.15, 0.2) is 5.13 Å². The predicted molar refractivity (Wildman–Crippen MR) is 58.5 cm³/mol. The minimum Gasteiger partial charge on any atom is -0.493 e. The lowest BCUT2D eigenvalue weighted by Crippen LogP contribution is -1.89. The molecule has 3 nitrogen and oxygen atoms in total. The van der Waals surface area contributed by atoms with E-state index in [1.54, 1.807) is 11.4 Å². The van der Waals surface area contributed by atoms with Crippen LogP contribution in [0, 0.1) is 0 Å². The van der Waals surface area contributed by atoms with E-state index in [4.69, 9.17) is 16.7 Å². The first-order valence-electron chi connectivity index (χ1n) is 3.92. The number of nitrogens with zero attached hydrogens (tertiary/aromatic N) is 1. The van der Waals surface area contributed by atoms with E-state index in [2.05, 4.69) is 10.3 Å². The Morgan fingerprint density at radius 3 is 2.79 bits per heavy atom. The molecule has 0 bridgehead atoms. The number of benzene rings is 1. The molecular weight excluding hydrogens is 220 g/mol. The highest BCUT2D eigenvalue weighted by Crippen LogP contribution is 2.27. The number of aromatic hydroxyl groups is 1. The third kappa shape index (κ3) is 1.97. The fourth-order valence-corrected chi connectivity index (χ4v) is 1.77. The zero-order valence-electron chi connectivity index (χ0n) is 7.07. The van der Waals surface area contributed by atoms with Crippen LogP contribution in [0.4, 0.5) is 10.8 Å². The molecule has 14 heavy (non-hydrogen) atoms. The van der Waals surface area contributed by atoms with Crippen molar-refractivity contribution in [1.82, 2.24) is 4.98 Å². The summed E-state index contributed by atoms with van der Waals surface area (Å²) >= 11 is 7.26. The van der Waals surface area contributed by atoms with E-state index in [-0.39, 0.29) is 5.88 Å². The van der Waals surface area contributed by atoms with E-state index in [0.717, 1.165) is 5.69 Å². The third-order valence-electron chi connectivity index (χ3n) is 1.61. The van der Waals surface area contributed by atoms with Crippen molar-refractivity contribution in [3.63, 3.8) is 0 Å². The Bertz CT molecular complexity index is 444. The molecule has 0 aliphatic heterocycles. The van der Waals surface area contributed by atoms with E-state index in [0.29, 0.717) is 10.2 Å². The fourth-order valence-electron chi connectivity index (χ4n) is 1.00. The van der Waals surface area contributed by atoms with Crippen LogP contribution < -0.4 is 5.32 Å². The number of nitrogens with one attached hydrogen (secondary N) is 1. The summed E-state index contributed by atoms with van der Waals surface area (Å²) in [4.78, 5) is 3.85. The lowest BCUT2D eigenvalue weighted by Gasteiger charge is -2.03. The highest BCUT2D eigenvalue weighted by molar-refractivity contribution is 7.14. The van der Waals surface area contributed by atoms with Crippen LogP contribution in [-0.2, 0) is 0 Å². The van der Waals surface area contributed by atoms with E-state index < -0.39 is 0 Å². The Labute approximate surface area is 90.0 Å². The van der Waals surface area contributed by atoms with Gasteiger partial charge in [0.25, 0.3) is 0 Å². The molecule has 72 valence electrons. The van der Waals surface area contributed by atoms with Gasteiger partial charge in [-0.15, -0.1) is 11.3 Å². The van der Waals surface area contributed by atoms with E-state index in [1.807, 2.05) is 18.2 Å². The highest BCUT2D eigenvalue weighted by Gasteiger charge is 2.02. The molecule has 1 aromatic heterocycles. The van der Waals surface area contributed by atoms with Crippen molar-refractivity contribution < 1.29 is 5.11 Å². The number of anilines is 2. The van der Waals surface area contributed by atoms with Gasteiger partial charge in [-0.3, -0.25) is 0 Å². The van der Waals surface area contributed by atoms with Gasteiger partial charge in [0.2, 0.25) is 5.88 Å². The van der Waals surface area contributed by atoms with Crippen molar-refractivity contribution >= 4 is 33.8 Å². The minimum atomic E-state index is 0.0181. The van der Waals surface area contributed by atoms with Gasteiger partial charge in [0, 0.05) is 0 Å². The average molecular weight is 227 g/mol. The van der Waals surface area contributed by atoms with Gasteiger partial charge >= 0.3 is 0 Å². The van der Waals surface area contributed by atoms with E-state index >= 15 is 0 Å². The maximum absolute atomic E-state index is 9.03. The summed E-state index contributed by atoms with van der Waals surface area (Å²) in [6.07, 6.45) is 0. The summed E-state index contributed by atoms with van der Waals surface area (Å²) in [6.45, 7) is 0. The highest BCUT2D eigenvalue weighted by atomic mass is 35.5. The Morgan fingerprint density at radius 1 is 1.36 bits per heavy atom. The van der Waals surface area contributed by atoms with E-state index in [1.165, 1.54) is 11.3 Å². The molecule has 0 saturated carbocycles. The first-order valence-corrected chi connectivity index (χ1v) is 5.17. The Morgan fingerprint density at radius 2 is 2.14 bits per heavy atom. The number of aromatic nitrogens is 1. The SMILES string of the molecule is Oc1csc(Nc2ccccc2Cl)n1. The van der Waals surface area contributed by atoms with Crippen LogP contribution in [-0.4, -0.2) is 10.1 Å². The number of thiazole rings is 1. The lowest BCUT2D eigenvalue weighted by molar-refractivity contribution is 0.458. The standard InChI is InChI=1S/C9H7ClN2OS/c10-6-3-1-2-4-7(6)11-9-12-8(13)5-14-9/h1-5,13H,(H,11,12). The van der Waals surface area contributed by atoms with Gasteiger partial charge in [-0.2, -0.15) is 4.98 Å².